The minimum atomic E-state index is -5.79. The summed E-state index contributed by atoms with van der Waals surface area (Å²) in [5.74, 6) is 0. The van der Waals surface area contributed by atoms with Gasteiger partial charge in [0, 0.05) is 10.5 Å². The van der Waals surface area contributed by atoms with Crippen LogP contribution in [0.15, 0.2) is 133 Å². The van der Waals surface area contributed by atoms with Gasteiger partial charge in [-0.3, -0.25) is 0 Å². The van der Waals surface area contributed by atoms with Gasteiger partial charge in [0.1, 0.15) is 0 Å². The molecule has 14 heteroatoms. The Kier molecular flexibility index (Phi) is 11.1. The van der Waals surface area contributed by atoms with Crippen molar-refractivity contribution in [3.63, 3.8) is 0 Å². The summed E-state index contributed by atoms with van der Waals surface area (Å²) in [4.78, 5) is -0.435. The molecule has 0 saturated carbocycles. The molecule has 0 N–H and O–H groups in total. The normalized spacial score (nSPS) is 11.3. The first-order valence-electron chi connectivity index (χ1n) is 13.2. The number of hydrogen-bond acceptors (Lipinski definition) is 6. The quantitative estimate of drug-likeness (QED) is 0.0757. The van der Waals surface area contributed by atoms with Crippen LogP contribution in [-0.4, -0.2) is 30.9 Å². The molecule has 6 aromatic rings. The molecular formula is C32H22N4Na2O6S2. The van der Waals surface area contributed by atoms with Crippen molar-refractivity contribution in [2.24, 2.45) is 0 Å². The third-order valence-corrected chi connectivity index (χ3v) is 8.60. The van der Waals surface area contributed by atoms with Crippen molar-refractivity contribution < 1.29 is 90.0 Å². The molecule has 220 valence electrons. The van der Waals surface area contributed by atoms with E-state index in [0.29, 0.717) is 27.5 Å². The second-order valence-corrected chi connectivity index (χ2v) is 12.2. The summed E-state index contributed by atoms with van der Waals surface area (Å²) >= 11 is 0. The van der Waals surface area contributed by atoms with Gasteiger partial charge in [-0.25, -0.2) is 16.8 Å². The Morgan fingerprint density at radius 3 is 1.61 bits per heavy atom. The largest absolute Gasteiger partial charge is 1.00 e. The molecule has 0 atom stereocenters. The fourth-order valence-electron chi connectivity index (χ4n) is 5.32. The Hall–Kier alpha value is -3.14. The number of rotatable bonds is 8. The minimum absolute atomic E-state index is 0. The van der Waals surface area contributed by atoms with E-state index in [9.17, 15) is 31.5 Å². The molecule has 0 fully saturated rings. The summed E-state index contributed by atoms with van der Waals surface area (Å²) in [6.07, 6.45) is 0. The maximum atomic E-state index is 13.2. The molecule has 0 heterocycles. The predicted molar refractivity (Wildman–Crippen MR) is 167 cm³/mol. The zero-order valence-electron chi connectivity index (χ0n) is 24.8. The van der Waals surface area contributed by atoms with Crippen LogP contribution in [0.3, 0.4) is 0 Å². The van der Waals surface area contributed by atoms with E-state index in [-0.39, 0.29) is 95.7 Å². The van der Waals surface area contributed by atoms with E-state index in [0.717, 1.165) is 0 Å². The molecule has 0 aromatic heterocycles. The van der Waals surface area contributed by atoms with Crippen molar-refractivity contribution in [2.75, 3.05) is 8.83 Å². The Morgan fingerprint density at radius 1 is 0.543 bits per heavy atom. The van der Waals surface area contributed by atoms with E-state index in [4.69, 9.17) is 0 Å². The summed E-state index contributed by atoms with van der Waals surface area (Å²) in [6, 6.07) is 36.5. The van der Waals surface area contributed by atoms with Gasteiger partial charge in [-0.1, -0.05) is 130 Å². The monoisotopic (exact) mass is 668 g/mol. The third kappa shape index (κ3) is 6.92. The number of fused-ring (bicyclic) bond motifs is 2. The van der Waals surface area contributed by atoms with E-state index in [1.807, 2.05) is 0 Å². The van der Waals surface area contributed by atoms with Gasteiger partial charge in [0.05, 0.1) is 11.4 Å². The molecule has 0 bridgehead atoms. The molecule has 0 radical (unpaired) electrons. The van der Waals surface area contributed by atoms with Gasteiger partial charge in [0.25, 0.3) is 0 Å². The molecule has 6 rings (SSSR count). The van der Waals surface area contributed by atoms with Gasteiger partial charge in [-0.15, -0.1) is 0 Å². The second-order valence-electron chi connectivity index (χ2n) is 9.77. The van der Waals surface area contributed by atoms with Crippen molar-refractivity contribution in [2.45, 2.75) is 0 Å². The Balaban J connectivity index is 0.00000240. The van der Waals surface area contributed by atoms with Crippen molar-refractivity contribution in [3.05, 3.63) is 139 Å². The molecule has 0 aliphatic rings. The van der Waals surface area contributed by atoms with Gasteiger partial charge >= 0.3 is 59.1 Å². The van der Waals surface area contributed by atoms with Gasteiger partial charge in [-0.05, 0) is 55.9 Å². The number of hydrogen-bond donors (Lipinski definition) is 0. The zero-order chi connectivity index (χ0) is 31.1. The van der Waals surface area contributed by atoms with Crippen LogP contribution < -0.4 is 67.9 Å². The molecule has 0 spiro atoms. The van der Waals surface area contributed by atoms with Crippen LogP contribution in [0.4, 0.5) is 11.4 Å². The summed E-state index contributed by atoms with van der Waals surface area (Å²) in [6.45, 7) is 0. The van der Waals surface area contributed by atoms with Crippen LogP contribution in [0.5, 0.6) is 0 Å². The second kappa shape index (κ2) is 14.3. The molecule has 0 aliphatic carbocycles. The predicted octanol–water partition coefficient (Wildman–Crippen LogP) is 0.433. The van der Waals surface area contributed by atoms with Gasteiger partial charge in [-0.2, -0.15) is 0 Å². The van der Waals surface area contributed by atoms with Crippen LogP contribution in [-0.2, 0) is 20.6 Å². The smallest absolute Gasteiger partial charge is 0.738 e. The van der Waals surface area contributed by atoms with E-state index < -0.39 is 25.5 Å². The first-order valence-corrected chi connectivity index (χ1v) is 15.9. The number of nitrogens with zero attached hydrogens (tertiary/aromatic N) is 4. The average Bonchev–Trinajstić information content (AvgIpc) is 3.00. The fraction of sp³-hybridized carbons (Fsp3) is 0. The van der Waals surface area contributed by atoms with Gasteiger partial charge in [0.15, 0.2) is 20.6 Å². The van der Waals surface area contributed by atoms with Crippen LogP contribution in [0.1, 0.15) is 0 Å². The molecule has 10 nitrogen and oxygen atoms in total. The Bertz CT molecular complexity index is 2270. The molecule has 0 amide bonds. The summed E-state index contributed by atoms with van der Waals surface area (Å²) in [7, 11) is -11.5. The first-order chi connectivity index (χ1) is 21.1. The number of anilines is 2. The summed E-state index contributed by atoms with van der Waals surface area (Å²) in [5.41, 5.74) is 12.7. The van der Waals surface area contributed by atoms with Crippen LogP contribution in [0.25, 0.3) is 49.3 Å². The molecule has 0 saturated heterocycles. The maximum Gasteiger partial charge on any atom is 1.00 e. The fourth-order valence-corrected chi connectivity index (χ4v) is 6.68. The van der Waals surface area contributed by atoms with Gasteiger partial charge < -0.3 is 9.11 Å². The first kappa shape index (κ1) is 35.7. The number of benzene rings is 6. The third-order valence-electron chi connectivity index (χ3n) is 7.08. The minimum Gasteiger partial charge on any atom is -0.738 e. The number of hydrazine groups is 2. The zero-order valence-corrected chi connectivity index (χ0v) is 30.4. The van der Waals surface area contributed by atoms with Crippen LogP contribution >= 0.6 is 0 Å². The van der Waals surface area contributed by atoms with Crippen molar-refractivity contribution >= 4 is 53.5 Å². The van der Waals surface area contributed by atoms with E-state index in [1.54, 1.807) is 109 Å². The van der Waals surface area contributed by atoms with E-state index in [2.05, 4.69) is 0 Å². The van der Waals surface area contributed by atoms with Crippen LogP contribution in [0, 0.1) is 0 Å². The van der Waals surface area contributed by atoms with Crippen LogP contribution in [0.2, 0.25) is 0 Å². The molecule has 46 heavy (non-hydrogen) atoms. The Morgan fingerprint density at radius 2 is 1.02 bits per heavy atom. The van der Waals surface area contributed by atoms with Crippen molar-refractivity contribution in [1.29, 1.82) is 0 Å². The Labute approximate surface area is 310 Å². The maximum absolute atomic E-state index is 13.2. The summed E-state index contributed by atoms with van der Waals surface area (Å²) in [5, 5.41) is 1.35. The standard InChI is InChI=1S/C32H24N4O6S2.2Na/c33-36(34(43(37,38)39)30-21-11-18-23-14-7-9-19-27(23)30)35(44(40,41)42)32-28-20-10-8-17-26(28)22-29(24-12-3-1-4-13-24)31(32)25-15-5-2-6-16-25;;/h1-22H,(H,37,38,39)(H,40,41,42);;/q;2*+1/p-2. The molecule has 6 aromatic carbocycles. The average molecular weight is 669 g/mol. The SMILES string of the molecule is [N-]=[N+](N(c1cccc2ccccc12)S(=O)(=O)[O-])N(c1c(-c2ccccc2)c(-c2ccccc2)cc2ccccc12)S(=O)(=O)[O-].[Na+].[Na+]. The summed E-state index contributed by atoms with van der Waals surface area (Å²) < 4.78 is 77.9. The molecule has 0 unspecified atom stereocenters. The van der Waals surface area contributed by atoms with E-state index >= 15 is 0 Å². The van der Waals surface area contributed by atoms with Gasteiger partial charge in [0.2, 0.25) is 0 Å². The van der Waals surface area contributed by atoms with Crippen molar-refractivity contribution in [1.82, 2.24) is 0 Å². The topological polar surface area (TPSA) is 146 Å². The molecule has 0 aliphatic heterocycles. The molecular weight excluding hydrogens is 646 g/mol. The van der Waals surface area contributed by atoms with Crippen molar-refractivity contribution in [3.8, 4) is 22.3 Å². The van der Waals surface area contributed by atoms with E-state index in [1.165, 1.54) is 24.3 Å².